The maximum atomic E-state index is 5.13. The Morgan fingerprint density at radius 3 is 2.17 bits per heavy atom. The van der Waals surface area contributed by atoms with Crippen LogP contribution in [0.3, 0.4) is 0 Å². The molecule has 144 valence electrons. The van der Waals surface area contributed by atoms with E-state index in [1.54, 1.807) is 0 Å². The standard InChI is InChI=1S/C27H21N3/c1-18-7-11-21(12-8-18)25-17-29-24-16-13-20-5-3-4-6-23(20)26(24)28-27(29)30(25)22-14-9-19(2)10-15-22/h3-17H,1-2H3. The van der Waals surface area contributed by atoms with E-state index < -0.39 is 0 Å². The molecule has 0 atom stereocenters. The van der Waals surface area contributed by atoms with Gasteiger partial charge in [-0.15, -0.1) is 0 Å². The van der Waals surface area contributed by atoms with Crippen LogP contribution in [0.15, 0.2) is 91.1 Å². The predicted octanol–water partition coefficient (Wildman–Crippen LogP) is 6.72. The zero-order valence-electron chi connectivity index (χ0n) is 17.0. The molecule has 6 rings (SSSR count). The SMILES string of the molecule is Cc1ccc(-c2cn3c4ccc5ccccc5c4nc3n2-c2ccc(C)cc2)cc1. The molecule has 2 aromatic heterocycles. The molecule has 0 aliphatic carbocycles. The van der Waals surface area contributed by atoms with Crippen LogP contribution in [-0.4, -0.2) is 14.0 Å². The first kappa shape index (κ1) is 17.0. The highest BCUT2D eigenvalue weighted by atomic mass is 15.2. The second-order valence-electron chi connectivity index (χ2n) is 7.99. The third-order valence-corrected chi connectivity index (χ3v) is 5.90. The van der Waals surface area contributed by atoms with Gasteiger partial charge in [-0.3, -0.25) is 8.97 Å². The Labute approximate surface area is 174 Å². The molecule has 6 aromatic rings. The Balaban J connectivity index is 1.73. The lowest BCUT2D eigenvalue weighted by molar-refractivity contribution is 1.08. The van der Waals surface area contributed by atoms with Gasteiger partial charge in [-0.05, 0) is 37.4 Å². The normalized spacial score (nSPS) is 11.7. The highest BCUT2D eigenvalue weighted by Crippen LogP contribution is 2.32. The lowest BCUT2D eigenvalue weighted by atomic mass is 10.1. The number of aryl methyl sites for hydroxylation is 2. The van der Waals surface area contributed by atoms with E-state index in [-0.39, 0.29) is 0 Å². The smallest absolute Gasteiger partial charge is 0.220 e. The van der Waals surface area contributed by atoms with Crippen LogP contribution in [0, 0.1) is 13.8 Å². The van der Waals surface area contributed by atoms with Crippen molar-refractivity contribution < 1.29 is 0 Å². The molecule has 0 saturated carbocycles. The zero-order valence-corrected chi connectivity index (χ0v) is 17.0. The topological polar surface area (TPSA) is 22.2 Å². The molecule has 4 aromatic carbocycles. The summed E-state index contributed by atoms with van der Waals surface area (Å²) in [6, 6.07) is 30.2. The number of imidazole rings is 2. The fraction of sp³-hybridized carbons (Fsp3) is 0.0741. The molecular weight excluding hydrogens is 366 g/mol. The maximum Gasteiger partial charge on any atom is 0.220 e. The van der Waals surface area contributed by atoms with E-state index in [1.165, 1.54) is 27.5 Å². The van der Waals surface area contributed by atoms with E-state index in [4.69, 9.17) is 4.98 Å². The molecule has 3 nitrogen and oxygen atoms in total. The number of fused-ring (bicyclic) bond motifs is 5. The molecule has 0 unspecified atom stereocenters. The van der Waals surface area contributed by atoms with Crippen LogP contribution in [0.1, 0.15) is 11.1 Å². The number of hydrogen-bond donors (Lipinski definition) is 0. The van der Waals surface area contributed by atoms with Crippen LogP contribution in [0.4, 0.5) is 0 Å². The van der Waals surface area contributed by atoms with Crippen molar-refractivity contribution in [2.45, 2.75) is 13.8 Å². The fourth-order valence-corrected chi connectivity index (χ4v) is 4.27. The molecule has 0 saturated heterocycles. The predicted molar refractivity (Wildman–Crippen MR) is 124 cm³/mol. The monoisotopic (exact) mass is 387 g/mol. The van der Waals surface area contributed by atoms with Crippen LogP contribution in [-0.2, 0) is 0 Å². The van der Waals surface area contributed by atoms with Gasteiger partial charge < -0.3 is 0 Å². The van der Waals surface area contributed by atoms with Crippen LogP contribution < -0.4 is 0 Å². The Bertz CT molecular complexity index is 1530. The van der Waals surface area contributed by atoms with Gasteiger partial charge in [0.25, 0.3) is 0 Å². The van der Waals surface area contributed by atoms with E-state index in [0.717, 1.165) is 28.2 Å². The van der Waals surface area contributed by atoms with Gasteiger partial charge in [0.05, 0.1) is 16.7 Å². The van der Waals surface area contributed by atoms with E-state index in [0.29, 0.717) is 0 Å². The largest absolute Gasteiger partial charge is 0.283 e. The maximum absolute atomic E-state index is 5.13. The number of benzene rings is 4. The summed E-state index contributed by atoms with van der Waals surface area (Å²) in [5.41, 5.74) is 8.11. The van der Waals surface area contributed by atoms with Gasteiger partial charge in [-0.1, -0.05) is 77.9 Å². The van der Waals surface area contributed by atoms with Crippen LogP contribution >= 0.6 is 0 Å². The van der Waals surface area contributed by atoms with Gasteiger partial charge in [0, 0.05) is 22.8 Å². The van der Waals surface area contributed by atoms with Crippen molar-refractivity contribution in [1.29, 1.82) is 0 Å². The van der Waals surface area contributed by atoms with E-state index in [2.05, 4.69) is 114 Å². The lowest BCUT2D eigenvalue weighted by Gasteiger charge is -2.10. The van der Waals surface area contributed by atoms with Crippen molar-refractivity contribution >= 4 is 27.6 Å². The molecule has 3 heteroatoms. The van der Waals surface area contributed by atoms with E-state index in [1.807, 2.05) is 0 Å². The molecule has 2 heterocycles. The number of hydrogen-bond acceptors (Lipinski definition) is 1. The first-order valence-corrected chi connectivity index (χ1v) is 10.2. The number of nitrogens with zero attached hydrogens (tertiary/aromatic N) is 3. The molecular formula is C27H21N3. The summed E-state index contributed by atoms with van der Waals surface area (Å²) in [5, 5.41) is 2.40. The van der Waals surface area contributed by atoms with Gasteiger partial charge >= 0.3 is 0 Å². The minimum absolute atomic E-state index is 0.931. The summed E-state index contributed by atoms with van der Waals surface area (Å²) in [6.07, 6.45) is 2.21. The summed E-state index contributed by atoms with van der Waals surface area (Å²) in [6.45, 7) is 4.24. The Kier molecular flexibility index (Phi) is 3.59. The second kappa shape index (κ2) is 6.33. The molecule has 0 bridgehead atoms. The highest BCUT2D eigenvalue weighted by molar-refractivity contribution is 6.05. The number of rotatable bonds is 2. The van der Waals surface area contributed by atoms with Gasteiger partial charge in [-0.25, -0.2) is 4.98 Å². The Morgan fingerprint density at radius 1 is 0.700 bits per heavy atom. The van der Waals surface area contributed by atoms with Crippen LogP contribution in [0.5, 0.6) is 0 Å². The van der Waals surface area contributed by atoms with Crippen molar-refractivity contribution in [1.82, 2.24) is 14.0 Å². The minimum Gasteiger partial charge on any atom is -0.283 e. The summed E-state index contributed by atoms with van der Waals surface area (Å²) < 4.78 is 4.48. The second-order valence-corrected chi connectivity index (χ2v) is 7.99. The minimum atomic E-state index is 0.931. The van der Waals surface area contributed by atoms with Crippen molar-refractivity contribution in [2.24, 2.45) is 0 Å². The van der Waals surface area contributed by atoms with Gasteiger partial charge in [-0.2, -0.15) is 0 Å². The average molecular weight is 387 g/mol. The van der Waals surface area contributed by atoms with E-state index in [9.17, 15) is 0 Å². The van der Waals surface area contributed by atoms with E-state index >= 15 is 0 Å². The van der Waals surface area contributed by atoms with Crippen molar-refractivity contribution in [3.05, 3.63) is 102 Å². The summed E-state index contributed by atoms with van der Waals surface area (Å²) in [4.78, 5) is 5.13. The van der Waals surface area contributed by atoms with Gasteiger partial charge in [0.1, 0.15) is 0 Å². The van der Waals surface area contributed by atoms with Gasteiger partial charge in [0.15, 0.2) is 0 Å². The average Bonchev–Trinajstić information content (AvgIpc) is 3.31. The molecule has 0 N–H and O–H groups in total. The summed E-state index contributed by atoms with van der Waals surface area (Å²) >= 11 is 0. The third-order valence-electron chi connectivity index (χ3n) is 5.90. The molecule has 0 fully saturated rings. The molecule has 0 radical (unpaired) electrons. The lowest BCUT2D eigenvalue weighted by Crippen LogP contribution is -1.98. The fourth-order valence-electron chi connectivity index (χ4n) is 4.27. The molecule has 0 amide bonds. The van der Waals surface area contributed by atoms with Crippen LogP contribution in [0.25, 0.3) is 44.5 Å². The van der Waals surface area contributed by atoms with Crippen molar-refractivity contribution in [3.63, 3.8) is 0 Å². The number of aromatic nitrogens is 3. The van der Waals surface area contributed by atoms with Crippen molar-refractivity contribution in [3.8, 4) is 16.9 Å². The molecule has 0 aliphatic heterocycles. The Hall–Kier alpha value is -3.85. The van der Waals surface area contributed by atoms with Crippen LogP contribution in [0.2, 0.25) is 0 Å². The quantitative estimate of drug-likeness (QED) is 0.323. The summed E-state index contributed by atoms with van der Waals surface area (Å²) in [7, 11) is 0. The van der Waals surface area contributed by atoms with Gasteiger partial charge in [0.2, 0.25) is 5.78 Å². The Morgan fingerprint density at radius 2 is 1.40 bits per heavy atom. The first-order chi connectivity index (χ1) is 14.7. The first-order valence-electron chi connectivity index (χ1n) is 10.2. The van der Waals surface area contributed by atoms with Crippen molar-refractivity contribution in [2.75, 3.05) is 0 Å². The molecule has 0 spiro atoms. The zero-order chi connectivity index (χ0) is 20.2. The molecule has 0 aliphatic rings. The highest BCUT2D eigenvalue weighted by Gasteiger charge is 2.18. The molecule has 30 heavy (non-hydrogen) atoms. The third kappa shape index (κ3) is 2.49. The summed E-state index contributed by atoms with van der Waals surface area (Å²) in [5.74, 6) is 0.931.